The zero-order valence-corrected chi connectivity index (χ0v) is 10.6. The molecule has 4 N–H and O–H groups in total. The van der Waals surface area contributed by atoms with E-state index in [1.54, 1.807) is 11.9 Å². The van der Waals surface area contributed by atoms with Crippen molar-refractivity contribution in [3.63, 3.8) is 0 Å². The first-order valence-electron chi connectivity index (χ1n) is 5.57. The van der Waals surface area contributed by atoms with Gasteiger partial charge in [-0.25, -0.2) is 10.8 Å². The highest BCUT2D eigenvalue weighted by Gasteiger charge is 2.15. The summed E-state index contributed by atoms with van der Waals surface area (Å²) >= 11 is 0. The van der Waals surface area contributed by atoms with Crippen LogP contribution in [0.1, 0.15) is 6.92 Å². The summed E-state index contributed by atoms with van der Waals surface area (Å²) in [4.78, 5) is 18.0. The van der Waals surface area contributed by atoms with Gasteiger partial charge in [-0.15, -0.1) is 0 Å². The number of likely N-dealkylation sites (N-methyl/N-ethyl adjacent to an activating group) is 1. The van der Waals surface area contributed by atoms with Gasteiger partial charge in [-0.3, -0.25) is 5.43 Å². The summed E-state index contributed by atoms with van der Waals surface area (Å²) in [6.07, 6.45) is 2.84. The van der Waals surface area contributed by atoms with Gasteiger partial charge in [0.2, 0.25) is 11.9 Å². The predicted octanol–water partition coefficient (Wildman–Crippen LogP) is -1.45. The van der Waals surface area contributed by atoms with Crippen LogP contribution in [-0.4, -0.2) is 54.5 Å². The van der Waals surface area contributed by atoms with Gasteiger partial charge in [0.05, 0.1) is 12.6 Å². The largest absolute Gasteiger partial charge is 0.394 e. The molecule has 1 atom stereocenters. The fourth-order valence-corrected chi connectivity index (χ4v) is 1.31. The fourth-order valence-electron chi connectivity index (χ4n) is 1.31. The van der Waals surface area contributed by atoms with Gasteiger partial charge in [0.1, 0.15) is 12.7 Å². The highest BCUT2D eigenvalue weighted by molar-refractivity contribution is 5.39. The molecule has 0 radical (unpaired) electrons. The Labute approximate surface area is 109 Å². The van der Waals surface area contributed by atoms with Crippen molar-refractivity contribution >= 4 is 11.9 Å². The molecular formula is C9H15N9O. The number of aromatic nitrogens is 6. The smallest absolute Gasteiger partial charge is 0.258 e. The van der Waals surface area contributed by atoms with Gasteiger partial charge in [0.15, 0.2) is 0 Å². The summed E-state index contributed by atoms with van der Waals surface area (Å²) in [6.45, 7) is 1.82. The lowest BCUT2D eigenvalue weighted by Gasteiger charge is -2.23. The summed E-state index contributed by atoms with van der Waals surface area (Å²) in [6, 6.07) is -0.142. The zero-order valence-electron chi connectivity index (χ0n) is 10.6. The van der Waals surface area contributed by atoms with Crippen LogP contribution >= 0.6 is 0 Å². The van der Waals surface area contributed by atoms with Gasteiger partial charge >= 0.3 is 0 Å². The summed E-state index contributed by atoms with van der Waals surface area (Å²) < 4.78 is 1.39. The summed E-state index contributed by atoms with van der Waals surface area (Å²) in [5.74, 6) is 6.19. The predicted molar refractivity (Wildman–Crippen MR) is 67.5 cm³/mol. The first kappa shape index (κ1) is 13.1. The average Bonchev–Trinajstić information content (AvgIpc) is 2.99. The molecule has 0 amide bonds. The molecule has 2 rings (SSSR count). The number of hydrogen-bond donors (Lipinski definition) is 3. The maximum Gasteiger partial charge on any atom is 0.258 e. The maximum absolute atomic E-state index is 9.17. The lowest BCUT2D eigenvalue weighted by Crippen LogP contribution is -2.34. The molecule has 1 unspecified atom stereocenters. The molecule has 0 saturated carbocycles. The minimum Gasteiger partial charge on any atom is -0.394 e. The highest BCUT2D eigenvalue weighted by Crippen LogP contribution is 2.13. The molecule has 102 valence electrons. The van der Waals surface area contributed by atoms with Crippen molar-refractivity contribution in [2.75, 3.05) is 24.0 Å². The molecule has 0 bridgehead atoms. The summed E-state index contributed by atoms with van der Waals surface area (Å²) in [7, 11) is 1.77. The van der Waals surface area contributed by atoms with Gasteiger partial charge < -0.3 is 10.0 Å². The van der Waals surface area contributed by atoms with Gasteiger partial charge in [-0.05, 0) is 6.92 Å². The number of hydrazine groups is 1. The van der Waals surface area contributed by atoms with Gasteiger partial charge in [0, 0.05) is 7.05 Å². The Morgan fingerprint density at radius 1 is 1.47 bits per heavy atom. The SMILES string of the molecule is CC(CO)N(C)c1nc(NN)nc(-n2cncn2)n1. The fraction of sp³-hybridized carbons (Fsp3) is 0.444. The second-order valence-electron chi connectivity index (χ2n) is 3.89. The van der Waals surface area contributed by atoms with Crippen molar-refractivity contribution in [3.05, 3.63) is 12.7 Å². The average molecular weight is 265 g/mol. The van der Waals surface area contributed by atoms with Crippen LogP contribution in [0.15, 0.2) is 12.7 Å². The number of hydrogen-bond acceptors (Lipinski definition) is 9. The van der Waals surface area contributed by atoms with Crippen LogP contribution in [-0.2, 0) is 0 Å². The molecule has 10 heteroatoms. The number of aliphatic hydroxyl groups is 1. The van der Waals surface area contributed by atoms with E-state index in [4.69, 9.17) is 10.9 Å². The Morgan fingerprint density at radius 3 is 2.84 bits per heavy atom. The Bertz CT molecular complexity index is 528. The lowest BCUT2D eigenvalue weighted by atomic mass is 10.3. The molecule has 10 nitrogen and oxygen atoms in total. The van der Waals surface area contributed by atoms with E-state index in [-0.39, 0.29) is 24.5 Å². The molecule has 19 heavy (non-hydrogen) atoms. The quantitative estimate of drug-likeness (QED) is 0.439. The third-order valence-electron chi connectivity index (χ3n) is 2.61. The van der Waals surface area contributed by atoms with Crippen molar-refractivity contribution in [3.8, 4) is 5.95 Å². The van der Waals surface area contributed by atoms with Crippen LogP contribution in [0.3, 0.4) is 0 Å². The molecule has 2 aromatic heterocycles. The lowest BCUT2D eigenvalue weighted by molar-refractivity contribution is 0.269. The summed E-state index contributed by atoms with van der Waals surface area (Å²) in [5.41, 5.74) is 2.37. The number of rotatable bonds is 5. The minimum atomic E-state index is -0.142. The molecule has 0 fully saturated rings. The van der Waals surface area contributed by atoms with E-state index < -0.39 is 0 Å². The molecule has 2 aromatic rings. The minimum absolute atomic E-state index is 0.0216. The van der Waals surface area contributed by atoms with Gasteiger partial charge in [-0.1, -0.05) is 0 Å². The third-order valence-corrected chi connectivity index (χ3v) is 2.61. The number of anilines is 2. The Morgan fingerprint density at radius 2 is 2.26 bits per heavy atom. The third kappa shape index (κ3) is 2.74. The van der Waals surface area contributed by atoms with E-state index in [9.17, 15) is 0 Å². The Kier molecular flexibility index (Phi) is 3.82. The molecule has 2 heterocycles. The molecule has 0 aliphatic carbocycles. The van der Waals surface area contributed by atoms with E-state index in [1.165, 1.54) is 17.3 Å². The van der Waals surface area contributed by atoms with Gasteiger partial charge in [0.25, 0.3) is 5.95 Å². The van der Waals surface area contributed by atoms with E-state index in [1.807, 2.05) is 6.92 Å². The summed E-state index contributed by atoms with van der Waals surface area (Å²) in [5, 5.41) is 13.1. The van der Waals surface area contributed by atoms with Crippen LogP contribution < -0.4 is 16.2 Å². The molecule has 0 saturated heterocycles. The molecule has 0 aliphatic heterocycles. The van der Waals surface area contributed by atoms with Crippen LogP contribution in [0, 0.1) is 0 Å². The van der Waals surface area contributed by atoms with Crippen molar-refractivity contribution in [1.82, 2.24) is 29.7 Å². The van der Waals surface area contributed by atoms with Crippen LogP contribution in [0.5, 0.6) is 0 Å². The first-order chi connectivity index (χ1) is 9.15. The zero-order chi connectivity index (χ0) is 13.8. The van der Waals surface area contributed by atoms with Crippen LogP contribution in [0.4, 0.5) is 11.9 Å². The van der Waals surface area contributed by atoms with E-state index >= 15 is 0 Å². The second-order valence-corrected chi connectivity index (χ2v) is 3.89. The molecular weight excluding hydrogens is 250 g/mol. The van der Waals surface area contributed by atoms with Crippen LogP contribution in [0.2, 0.25) is 0 Å². The monoisotopic (exact) mass is 265 g/mol. The van der Waals surface area contributed by atoms with Crippen LogP contribution in [0.25, 0.3) is 5.95 Å². The molecule has 0 aromatic carbocycles. The Balaban J connectivity index is 2.42. The highest BCUT2D eigenvalue weighted by atomic mass is 16.3. The topological polar surface area (TPSA) is 131 Å². The standard InChI is InChI=1S/C9H15N9O/c1-6(3-19)17(2)8-13-7(16-10)14-9(15-8)18-5-11-4-12-18/h4-6,19H,3,10H2,1-2H3,(H,13,14,15,16). The van der Waals surface area contributed by atoms with Crippen molar-refractivity contribution in [2.45, 2.75) is 13.0 Å². The van der Waals surface area contributed by atoms with Crippen molar-refractivity contribution < 1.29 is 5.11 Å². The number of nitrogen functional groups attached to an aromatic ring is 1. The van der Waals surface area contributed by atoms with Gasteiger partial charge in [-0.2, -0.15) is 24.7 Å². The Hall–Kier alpha value is -2.33. The number of aliphatic hydroxyl groups excluding tert-OH is 1. The maximum atomic E-state index is 9.17. The van der Waals surface area contributed by atoms with E-state index in [2.05, 4.69) is 30.5 Å². The van der Waals surface area contributed by atoms with E-state index in [0.717, 1.165) is 0 Å². The molecule has 0 aliphatic rings. The molecule has 0 spiro atoms. The number of nitrogens with zero attached hydrogens (tertiary/aromatic N) is 7. The first-order valence-corrected chi connectivity index (χ1v) is 5.57. The number of nitrogens with one attached hydrogen (secondary N) is 1. The van der Waals surface area contributed by atoms with Crippen molar-refractivity contribution in [2.24, 2.45) is 5.84 Å². The number of nitrogens with two attached hydrogens (primary N) is 1. The normalized spacial score (nSPS) is 12.2. The second kappa shape index (κ2) is 5.54. The van der Waals surface area contributed by atoms with Crippen molar-refractivity contribution in [1.29, 1.82) is 0 Å². The van der Waals surface area contributed by atoms with E-state index in [0.29, 0.717) is 5.95 Å².